The van der Waals surface area contributed by atoms with Crippen LogP contribution in [0, 0.1) is 0 Å². The van der Waals surface area contributed by atoms with Crippen LogP contribution >= 0.6 is 11.8 Å². The molecule has 0 aromatic heterocycles. The van der Waals surface area contributed by atoms with Crippen molar-refractivity contribution in [2.24, 2.45) is 0 Å². The smallest absolute Gasteiger partial charge is 0.339 e. The van der Waals surface area contributed by atoms with Crippen LogP contribution in [0.2, 0.25) is 0 Å². The molecule has 0 amide bonds. The molecule has 0 atom stereocenters. The lowest BCUT2D eigenvalue weighted by Crippen LogP contribution is -2.01. The van der Waals surface area contributed by atoms with Crippen molar-refractivity contribution in [1.82, 2.24) is 0 Å². The van der Waals surface area contributed by atoms with E-state index in [1.165, 1.54) is 7.11 Å². The Morgan fingerprint density at radius 1 is 1.41 bits per heavy atom. The minimum atomic E-state index is -0.967. The van der Waals surface area contributed by atoms with Gasteiger partial charge in [-0.05, 0) is 17.7 Å². The molecule has 0 radical (unpaired) electrons. The molecule has 0 spiro atoms. The molecule has 5 heteroatoms. The third kappa shape index (κ3) is 4.28. The van der Waals surface area contributed by atoms with E-state index in [0.29, 0.717) is 12.4 Å². The first-order valence-electron chi connectivity index (χ1n) is 5.16. The summed E-state index contributed by atoms with van der Waals surface area (Å²) in [6.45, 7) is 0.701. The lowest BCUT2D eigenvalue weighted by molar-refractivity contribution is 0.0693. The largest absolute Gasteiger partial charge is 0.496 e. The topological polar surface area (TPSA) is 55.8 Å². The van der Waals surface area contributed by atoms with Crippen LogP contribution in [0.25, 0.3) is 0 Å². The lowest BCUT2D eigenvalue weighted by atomic mass is 10.1. The molecule has 0 aliphatic heterocycles. The SMILES string of the molecule is COCCSCc1ccc(OC)c(C(=O)O)c1. The Labute approximate surface area is 105 Å². The molecule has 1 rings (SSSR count). The van der Waals surface area contributed by atoms with E-state index in [0.717, 1.165) is 17.1 Å². The summed E-state index contributed by atoms with van der Waals surface area (Å²) in [5.74, 6) is 1.09. The van der Waals surface area contributed by atoms with Crippen LogP contribution in [0.5, 0.6) is 5.75 Å². The highest BCUT2D eigenvalue weighted by Crippen LogP contribution is 2.22. The Kier molecular flexibility index (Phi) is 5.86. The van der Waals surface area contributed by atoms with Crippen molar-refractivity contribution in [3.8, 4) is 5.75 Å². The molecule has 17 heavy (non-hydrogen) atoms. The number of carboxylic acids is 1. The predicted octanol–water partition coefficient (Wildman–Crippen LogP) is 2.27. The van der Waals surface area contributed by atoms with Crippen molar-refractivity contribution in [3.63, 3.8) is 0 Å². The van der Waals surface area contributed by atoms with E-state index >= 15 is 0 Å². The Morgan fingerprint density at radius 2 is 2.18 bits per heavy atom. The van der Waals surface area contributed by atoms with Crippen LogP contribution in [0.4, 0.5) is 0 Å². The quantitative estimate of drug-likeness (QED) is 0.758. The number of benzene rings is 1. The number of rotatable bonds is 7. The summed E-state index contributed by atoms with van der Waals surface area (Å²) in [4.78, 5) is 11.0. The fraction of sp³-hybridized carbons (Fsp3) is 0.417. The Balaban J connectivity index is 2.68. The molecule has 1 aromatic rings. The second-order valence-electron chi connectivity index (χ2n) is 3.39. The maximum atomic E-state index is 11.0. The van der Waals surface area contributed by atoms with Crippen LogP contribution in [0.1, 0.15) is 15.9 Å². The summed E-state index contributed by atoms with van der Waals surface area (Å²) in [5.41, 5.74) is 1.18. The predicted molar refractivity (Wildman–Crippen MR) is 68.0 cm³/mol. The van der Waals surface area contributed by atoms with Gasteiger partial charge in [0.1, 0.15) is 11.3 Å². The van der Waals surface area contributed by atoms with Gasteiger partial charge in [0, 0.05) is 18.6 Å². The van der Waals surface area contributed by atoms with Crippen molar-refractivity contribution in [3.05, 3.63) is 29.3 Å². The number of hydrogen-bond donors (Lipinski definition) is 1. The van der Waals surface area contributed by atoms with E-state index in [-0.39, 0.29) is 5.56 Å². The molecule has 0 bridgehead atoms. The fourth-order valence-electron chi connectivity index (χ4n) is 1.34. The van der Waals surface area contributed by atoms with E-state index in [1.807, 2.05) is 6.07 Å². The zero-order valence-electron chi connectivity index (χ0n) is 9.93. The van der Waals surface area contributed by atoms with Gasteiger partial charge in [-0.25, -0.2) is 4.79 Å². The molecule has 0 saturated carbocycles. The maximum absolute atomic E-state index is 11.0. The average Bonchev–Trinajstić information content (AvgIpc) is 2.34. The summed E-state index contributed by atoms with van der Waals surface area (Å²) in [6.07, 6.45) is 0. The van der Waals surface area contributed by atoms with Gasteiger partial charge in [0.2, 0.25) is 0 Å². The highest BCUT2D eigenvalue weighted by atomic mass is 32.2. The zero-order chi connectivity index (χ0) is 12.7. The monoisotopic (exact) mass is 256 g/mol. The van der Waals surface area contributed by atoms with E-state index in [9.17, 15) is 4.79 Å². The Morgan fingerprint density at radius 3 is 2.76 bits per heavy atom. The maximum Gasteiger partial charge on any atom is 0.339 e. The van der Waals surface area contributed by atoms with Crippen LogP contribution in [-0.4, -0.2) is 37.7 Å². The minimum Gasteiger partial charge on any atom is -0.496 e. The van der Waals surface area contributed by atoms with Gasteiger partial charge in [-0.1, -0.05) is 6.07 Å². The normalized spacial score (nSPS) is 10.2. The molecule has 0 unspecified atom stereocenters. The highest BCUT2D eigenvalue weighted by Gasteiger charge is 2.11. The molecule has 94 valence electrons. The van der Waals surface area contributed by atoms with Crippen LogP contribution in [-0.2, 0) is 10.5 Å². The molecular formula is C12H16O4S. The van der Waals surface area contributed by atoms with E-state index in [4.69, 9.17) is 14.6 Å². The summed E-state index contributed by atoms with van der Waals surface area (Å²) in [5, 5.41) is 9.02. The third-order valence-electron chi connectivity index (χ3n) is 2.19. The second-order valence-corrected chi connectivity index (χ2v) is 4.49. The first-order chi connectivity index (χ1) is 8.19. The van der Waals surface area contributed by atoms with Gasteiger partial charge in [-0.2, -0.15) is 11.8 Å². The van der Waals surface area contributed by atoms with Crippen LogP contribution in [0.3, 0.4) is 0 Å². The summed E-state index contributed by atoms with van der Waals surface area (Å²) in [7, 11) is 3.13. The highest BCUT2D eigenvalue weighted by molar-refractivity contribution is 7.98. The fourth-order valence-corrected chi connectivity index (χ4v) is 2.19. The third-order valence-corrected chi connectivity index (χ3v) is 3.19. The van der Waals surface area contributed by atoms with Gasteiger partial charge in [0.25, 0.3) is 0 Å². The standard InChI is InChI=1S/C12H16O4S/c1-15-5-6-17-8-9-3-4-11(16-2)10(7-9)12(13)14/h3-4,7H,5-6,8H2,1-2H3,(H,13,14). The Bertz CT molecular complexity index is 379. The molecular weight excluding hydrogens is 240 g/mol. The number of carboxylic acid groups (broad SMARTS) is 1. The number of methoxy groups -OCH3 is 2. The number of thioether (sulfide) groups is 1. The van der Waals surface area contributed by atoms with E-state index in [1.54, 1.807) is 31.0 Å². The molecule has 0 aliphatic carbocycles. The van der Waals surface area contributed by atoms with Crippen molar-refractivity contribution >= 4 is 17.7 Å². The second kappa shape index (κ2) is 7.19. The molecule has 4 nitrogen and oxygen atoms in total. The van der Waals surface area contributed by atoms with Crippen LogP contribution < -0.4 is 4.74 Å². The summed E-state index contributed by atoms with van der Waals surface area (Å²) >= 11 is 1.71. The van der Waals surface area contributed by atoms with Crippen molar-refractivity contribution in [1.29, 1.82) is 0 Å². The number of hydrogen-bond acceptors (Lipinski definition) is 4. The van der Waals surface area contributed by atoms with Gasteiger partial charge in [0.05, 0.1) is 13.7 Å². The van der Waals surface area contributed by atoms with E-state index < -0.39 is 5.97 Å². The molecule has 0 aliphatic rings. The first kappa shape index (κ1) is 13.9. The van der Waals surface area contributed by atoms with Crippen molar-refractivity contribution < 1.29 is 19.4 Å². The van der Waals surface area contributed by atoms with Gasteiger partial charge < -0.3 is 14.6 Å². The van der Waals surface area contributed by atoms with Gasteiger partial charge >= 0.3 is 5.97 Å². The van der Waals surface area contributed by atoms with Crippen LogP contribution in [0.15, 0.2) is 18.2 Å². The molecule has 0 heterocycles. The lowest BCUT2D eigenvalue weighted by Gasteiger charge is -2.07. The number of ether oxygens (including phenoxy) is 2. The first-order valence-corrected chi connectivity index (χ1v) is 6.31. The van der Waals surface area contributed by atoms with Crippen molar-refractivity contribution in [2.75, 3.05) is 26.6 Å². The molecule has 1 aromatic carbocycles. The zero-order valence-corrected chi connectivity index (χ0v) is 10.8. The average molecular weight is 256 g/mol. The molecule has 0 fully saturated rings. The molecule has 0 saturated heterocycles. The number of carbonyl (C=O) groups is 1. The Hall–Kier alpha value is -1.20. The van der Waals surface area contributed by atoms with Crippen molar-refractivity contribution in [2.45, 2.75) is 5.75 Å². The van der Waals surface area contributed by atoms with Gasteiger partial charge in [-0.3, -0.25) is 0 Å². The molecule has 1 N–H and O–H groups in total. The van der Waals surface area contributed by atoms with Gasteiger partial charge in [-0.15, -0.1) is 0 Å². The summed E-state index contributed by atoms with van der Waals surface area (Å²) < 4.78 is 9.94. The minimum absolute atomic E-state index is 0.206. The summed E-state index contributed by atoms with van der Waals surface area (Å²) in [6, 6.07) is 5.22. The van der Waals surface area contributed by atoms with E-state index in [2.05, 4.69) is 0 Å². The van der Waals surface area contributed by atoms with Gasteiger partial charge in [0.15, 0.2) is 0 Å². The number of aromatic carboxylic acids is 1.